The van der Waals surface area contributed by atoms with Gasteiger partial charge in [0.1, 0.15) is 0 Å². The van der Waals surface area contributed by atoms with Crippen LogP contribution in [0, 0.1) is 0 Å². The summed E-state index contributed by atoms with van der Waals surface area (Å²) in [6.45, 7) is 3.95. The van der Waals surface area contributed by atoms with Crippen molar-refractivity contribution in [2.45, 2.75) is 19.3 Å². The smallest absolute Gasteiger partial charge is 0.305 e. The van der Waals surface area contributed by atoms with E-state index in [2.05, 4.69) is 28.8 Å². The van der Waals surface area contributed by atoms with E-state index in [9.17, 15) is 4.79 Å². The van der Waals surface area contributed by atoms with Crippen LogP contribution in [0.2, 0.25) is 0 Å². The van der Waals surface area contributed by atoms with Gasteiger partial charge in [-0.3, -0.25) is 4.79 Å². The molecule has 24 heavy (non-hydrogen) atoms. The zero-order chi connectivity index (χ0) is 17.2. The number of allylic oxidation sites excluding steroid dienone is 8. The molecule has 0 aromatic heterocycles. The molecule has 124 valence electrons. The van der Waals surface area contributed by atoms with Gasteiger partial charge in [0.25, 0.3) is 0 Å². The van der Waals surface area contributed by atoms with Crippen molar-refractivity contribution in [1.29, 1.82) is 0 Å². The van der Waals surface area contributed by atoms with Crippen LogP contribution in [0.15, 0.2) is 84.6 Å². The minimum Gasteiger partial charge on any atom is -0.469 e. The average molecular weight is 321 g/mol. The van der Waals surface area contributed by atoms with Gasteiger partial charge < -0.3 is 10.1 Å². The molecule has 0 aliphatic heterocycles. The fraction of sp³-hybridized carbons (Fsp3) is 0.190. The Morgan fingerprint density at radius 2 is 1.92 bits per heavy atom. The molecule has 1 aliphatic rings. The molecule has 1 N–H and O–H groups in total. The van der Waals surface area contributed by atoms with Crippen LogP contribution in [0.4, 0.5) is 5.69 Å². The molecule has 3 heteroatoms. The molecule has 1 aromatic carbocycles. The van der Waals surface area contributed by atoms with Gasteiger partial charge in [-0.2, -0.15) is 0 Å². The molecule has 2 rings (SSSR count). The number of anilines is 1. The Kier molecular flexibility index (Phi) is 6.84. The highest BCUT2D eigenvalue weighted by Gasteiger charge is 2.02. The zero-order valence-corrected chi connectivity index (χ0v) is 14.0. The molecule has 1 aromatic rings. The van der Waals surface area contributed by atoms with Crippen LogP contribution in [-0.4, -0.2) is 13.1 Å². The van der Waals surface area contributed by atoms with Gasteiger partial charge in [-0.25, -0.2) is 0 Å². The lowest BCUT2D eigenvalue weighted by Gasteiger charge is -2.10. The number of nitrogens with one attached hydrogen (secondary N) is 1. The Labute approximate surface area is 143 Å². The van der Waals surface area contributed by atoms with Crippen molar-refractivity contribution in [3.63, 3.8) is 0 Å². The number of methoxy groups -OCH3 is 1. The van der Waals surface area contributed by atoms with Gasteiger partial charge in [-0.1, -0.05) is 55.2 Å². The van der Waals surface area contributed by atoms with E-state index in [4.69, 9.17) is 0 Å². The van der Waals surface area contributed by atoms with Crippen LogP contribution in [0.25, 0.3) is 0 Å². The summed E-state index contributed by atoms with van der Waals surface area (Å²) in [5, 5.41) is 3.43. The van der Waals surface area contributed by atoms with E-state index >= 15 is 0 Å². The molecule has 0 heterocycles. The summed E-state index contributed by atoms with van der Waals surface area (Å²) >= 11 is 0. The highest BCUT2D eigenvalue weighted by molar-refractivity contribution is 5.69. The summed E-state index contributed by atoms with van der Waals surface area (Å²) in [6.07, 6.45) is 16.1. The SMILES string of the molecule is C=C1/C=C\C=C/C/C(Nc2ccc(CCC(=O)OC)cc2)=C\C=C/1. The number of hydrogen-bond acceptors (Lipinski definition) is 3. The van der Waals surface area contributed by atoms with E-state index in [-0.39, 0.29) is 5.97 Å². The maximum absolute atomic E-state index is 11.2. The Morgan fingerprint density at radius 3 is 2.67 bits per heavy atom. The largest absolute Gasteiger partial charge is 0.469 e. The quantitative estimate of drug-likeness (QED) is 0.798. The van der Waals surface area contributed by atoms with E-state index in [1.165, 1.54) is 7.11 Å². The van der Waals surface area contributed by atoms with Crippen LogP contribution in [-0.2, 0) is 16.0 Å². The third-order valence-electron chi connectivity index (χ3n) is 3.61. The van der Waals surface area contributed by atoms with E-state index in [0.717, 1.165) is 28.9 Å². The van der Waals surface area contributed by atoms with Crippen molar-refractivity contribution in [2.75, 3.05) is 12.4 Å². The number of ether oxygens (including phenoxy) is 1. The number of hydrogen-bond donors (Lipinski definition) is 1. The molecular formula is C21H23NO2. The molecule has 0 unspecified atom stereocenters. The summed E-state index contributed by atoms with van der Waals surface area (Å²) in [5.74, 6) is -0.182. The molecule has 1 aliphatic carbocycles. The molecule has 0 amide bonds. The van der Waals surface area contributed by atoms with E-state index in [0.29, 0.717) is 12.8 Å². The van der Waals surface area contributed by atoms with Gasteiger partial charge in [-0.05, 0) is 35.8 Å². The zero-order valence-electron chi connectivity index (χ0n) is 14.0. The number of carbonyl (C=O) groups excluding carboxylic acids is 1. The molecule has 0 saturated carbocycles. The number of esters is 1. The Morgan fingerprint density at radius 1 is 1.17 bits per heavy atom. The molecule has 0 spiro atoms. The topological polar surface area (TPSA) is 38.3 Å². The van der Waals surface area contributed by atoms with Crippen LogP contribution < -0.4 is 5.32 Å². The minimum absolute atomic E-state index is 0.182. The molecule has 0 saturated heterocycles. The normalized spacial score (nSPS) is 20.4. The van der Waals surface area contributed by atoms with Gasteiger partial charge in [-0.15, -0.1) is 0 Å². The fourth-order valence-corrected chi connectivity index (χ4v) is 2.25. The van der Waals surface area contributed by atoms with Gasteiger partial charge in [0.2, 0.25) is 0 Å². The fourth-order valence-electron chi connectivity index (χ4n) is 2.25. The van der Waals surface area contributed by atoms with Gasteiger partial charge in [0, 0.05) is 24.2 Å². The minimum atomic E-state index is -0.182. The summed E-state index contributed by atoms with van der Waals surface area (Å²) < 4.78 is 4.66. The first kappa shape index (κ1) is 17.5. The summed E-state index contributed by atoms with van der Waals surface area (Å²) in [4.78, 5) is 11.2. The Hall–Kier alpha value is -2.81. The van der Waals surface area contributed by atoms with Gasteiger partial charge >= 0.3 is 5.97 Å². The lowest BCUT2D eigenvalue weighted by molar-refractivity contribution is -0.140. The number of carbonyl (C=O) groups is 1. The maximum Gasteiger partial charge on any atom is 0.305 e. The first-order chi connectivity index (χ1) is 11.7. The van der Waals surface area contributed by atoms with E-state index < -0.39 is 0 Å². The van der Waals surface area contributed by atoms with Crippen LogP contribution in [0.5, 0.6) is 0 Å². The molecule has 0 atom stereocenters. The van der Waals surface area contributed by atoms with Gasteiger partial charge in [0.05, 0.1) is 7.11 Å². The molecule has 0 fully saturated rings. The third-order valence-corrected chi connectivity index (χ3v) is 3.61. The number of aryl methyl sites for hydroxylation is 1. The molecular weight excluding hydrogens is 298 g/mol. The maximum atomic E-state index is 11.2. The van der Waals surface area contributed by atoms with E-state index in [1.54, 1.807) is 0 Å². The second-order valence-corrected chi connectivity index (χ2v) is 5.52. The Balaban J connectivity index is 1.99. The highest BCUT2D eigenvalue weighted by Crippen LogP contribution is 2.16. The van der Waals surface area contributed by atoms with Crippen molar-refractivity contribution in [2.24, 2.45) is 0 Å². The lowest BCUT2D eigenvalue weighted by Crippen LogP contribution is -2.02. The molecule has 3 nitrogen and oxygen atoms in total. The second kappa shape index (κ2) is 9.36. The van der Waals surface area contributed by atoms with E-state index in [1.807, 2.05) is 54.6 Å². The van der Waals surface area contributed by atoms with Crippen molar-refractivity contribution in [3.05, 3.63) is 90.2 Å². The van der Waals surface area contributed by atoms with Crippen molar-refractivity contribution in [3.8, 4) is 0 Å². The first-order valence-electron chi connectivity index (χ1n) is 7.99. The lowest BCUT2D eigenvalue weighted by atomic mass is 10.1. The predicted molar refractivity (Wildman–Crippen MR) is 99.7 cm³/mol. The second-order valence-electron chi connectivity index (χ2n) is 5.52. The van der Waals surface area contributed by atoms with Crippen LogP contribution in [0.3, 0.4) is 0 Å². The van der Waals surface area contributed by atoms with Crippen molar-refractivity contribution >= 4 is 11.7 Å². The predicted octanol–water partition coefficient (Wildman–Crippen LogP) is 4.72. The molecule has 0 bridgehead atoms. The van der Waals surface area contributed by atoms with Crippen molar-refractivity contribution in [1.82, 2.24) is 0 Å². The Bertz CT molecular complexity index is 691. The third kappa shape index (κ3) is 6.13. The molecule has 0 radical (unpaired) electrons. The van der Waals surface area contributed by atoms with Crippen LogP contribution >= 0.6 is 0 Å². The highest BCUT2D eigenvalue weighted by atomic mass is 16.5. The van der Waals surface area contributed by atoms with Gasteiger partial charge in [0.15, 0.2) is 0 Å². The average Bonchev–Trinajstić information content (AvgIpc) is 2.60. The number of rotatable bonds is 5. The first-order valence-corrected chi connectivity index (χ1v) is 7.99. The summed E-state index contributed by atoms with van der Waals surface area (Å²) in [6, 6.07) is 8.11. The van der Waals surface area contributed by atoms with Crippen LogP contribution in [0.1, 0.15) is 18.4 Å². The monoisotopic (exact) mass is 321 g/mol. The summed E-state index contributed by atoms with van der Waals surface area (Å²) in [5.41, 5.74) is 4.21. The number of benzene rings is 1. The van der Waals surface area contributed by atoms with Crippen molar-refractivity contribution < 1.29 is 9.53 Å². The standard InChI is InChI=1S/C21H23NO2/c1-17-7-4-3-5-9-19(10-6-8-17)22-20-14-11-18(12-15-20)13-16-21(23)24-2/h3-8,10-12,14-15,22H,1,9,13,16H2,2H3/b5-3-,7-4-,8-6-,19-10+. The summed E-state index contributed by atoms with van der Waals surface area (Å²) in [7, 11) is 1.41.